The number of hydrogen-bond donors (Lipinski definition) is 1. The number of hydrogen-bond acceptors (Lipinski definition) is 5. The minimum atomic E-state index is -1.15. The van der Waals surface area contributed by atoms with E-state index in [4.69, 9.17) is 20.9 Å². The molecule has 0 amide bonds. The highest BCUT2D eigenvalue weighted by Crippen LogP contribution is 2.41. The molecule has 2 heterocycles. The molecule has 1 aromatic heterocycles. The van der Waals surface area contributed by atoms with Crippen LogP contribution in [0.5, 0.6) is 0 Å². The second kappa shape index (κ2) is 7.35. The molecule has 9 heteroatoms. The number of aliphatic hydroxyl groups excluding tert-OH is 1. The second-order valence-electron chi connectivity index (χ2n) is 7.46. The van der Waals surface area contributed by atoms with Crippen molar-refractivity contribution in [2.24, 2.45) is 0 Å². The number of aromatic nitrogens is 3. The summed E-state index contributed by atoms with van der Waals surface area (Å²) >= 11 is 6.31. The van der Waals surface area contributed by atoms with Gasteiger partial charge in [0, 0.05) is 16.2 Å². The summed E-state index contributed by atoms with van der Waals surface area (Å²) in [5.74, 6) is 0. The summed E-state index contributed by atoms with van der Waals surface area (Å²) in [5.41, 5.74) is -0.705. The predicted octanol–water partition coefficient (Wildman–Crippen LogP) is 3.44. The van der Waals surface area contributed by atoms with Gasteiger partial charge in [-0.1, -0.05) is 35.0 Å². The molecule has 2 aromatic rings. The summed E-state index contributed by atoms with van der Waals surface area (Å²) in [4.78, 5) is 0. The third kappa shape index (κ3) is 3.94. The zero-order valence-corrected chi connectivity index (χ0v) is 16.5. The van der Waals surface area contributed by atoms with Crippen LogP contribution in [0.1, 0.15) is 39.0 Å². The Balaban J connectivity index is 2.03. The lowest BCUT2D eigenvalue weighted by atomic mass is 9.82. The molecule has 27 heavy (non-hydrogen) atoms. The normalized spacial score (nSPS) is 19.3. The molecule has 6 nitrogen and oxygen atoms in total. The third-order valence-electron chi connectivity index (χ3n) is 5.02. The molecule has 144 valence electrons. The fourth-order valence-electron chi connectivity index (χ4n) is 2.73. The molecule has 0 spiro atoms. The van der Waals surface area contributed by atoms with E-state index in [-0.39, 0.29) is 18.7 Å². The summed E-state index contributed by atoms with van der Waals surface area (Å²) < 4.78 is 28.7. The van der Waals surface area contributed by atoms with Crippen molar-refractivity contribution in [2.45, 2.75) is 52.0 Å². The van der Waals surface area contributed by atoms with Gasteiger partial charge in [-0.25, -0.2) is 9.07 Å². The van der Waals surface area contributed by atoms with Crippen molar-refractivity contribution in [3.05, 3.63) is 52.5 Å². The van der Waals surface area contributed by atoms with E-state index in [1.807, 2.05) is 27.7 Å². The van der Waals surface area contributed by atoms with Gasteiger partial charge in [-0.15, -0.1) is 5.10 Å². The average Bonchev–Trinajstić information content (AvgIpc) is 3.14. The number of nitrogens with zero attached hydrogens (tertiary/aromatic N) is 3. The van der Waals surface area contributed by atoms with E-state index in [9.17, 15) is 5.11 Å². The first-order valence-corrected chi connectivity index (χ1v) is 9.01. The number of benzene rings is 1. The van der Waals surface area contributed by atoms with Crippen LogP contribution in [0.4, 0.5) is 4.39 Å². The van der Waals surface area contributed by atoms with Crippen LogP contribution in [-0.2, 0) is 22.5 Å². The van der Waals surface area contributed by atoms with Crippen LogP contribution in [0.2, 0.25) is 5.02 Å². The lowest BCUT2D eigenvalue weighted by Gasteiger charge is -2.32. The van der Waals surface area contributed by atoms with Gasteiger partial charge in [0.1, 0.15) is 11.4 Å². The average molecular weight is 394 g/mol. The van der Waals surface area contributed by atoms with Gasteiger partial charge < -0.3 is 14.4 Å². The minimum absolute atomic E-state index is 0.0621. The first-order chi connectivity index (χ1) is 12.6. The van der Waals surface area contributed by atoms with E-state index >= 15 is 4.39 Å². The first-order valence-electron chi connectivity index (χ1n) is 8.63. The quantitative estimate of drug-likeness (QED) is 0.788. The van der Waals surface area contributed by atoms with Crippen molar-refractivity contribution in [1.82, 2.24) is 15.0 Å². The fraction of sp³-hybridized carbons (Fsp3) is 0.444. The Hall–Kier alpha value is -1.74. The molecule has 1 saturated heterocycles. The van der Waals surface area contributed by atoms with Crippen LogP contribution >= 0.6 is 11.6 Å². The largest absolute Gasteiger partial charge is 0.525 e. The highest BCUT2D eigenvalue weighted by atomic mass is 35.5. The molecule has 1 N–H and O–H groups in total. The Morgan fingerprint density at radius 2 is 1.85 bits per heavy atom. The molecule has 0 radical (unpaired) electrons. The van der Waals surface area contributed by atoms with Gasteiger partial charge in [0.15, 0.2) is 0 Å². The molecule has 3 rings (SSSR count). The summed E-state index contributed by atoms with van der Waals surface area (Å²) in [6.45, 7) is 7.26. The van der Waals surface area contributed by atoms with Crippen molar-refractivity contribution in [1.29, 1.82) is 0 Å². The van der Waals surface area contributed by atoms with Crippen LogP contribution in [0.15, 0.2) is 36.2 Å². The van der Waals surface area contributed by atoms with E-state index < -0.39 is 24.0 Å². The van der Waals surface area contributed by atoms with Gasteiger partial charge in [0.05, 0.1) is 30.6 Å². The van der Waals surface area contributed by atoms with Crippen molar-refractivity contribution < 1.29 is 18.8 Å². The number of allylic oxidation sites excluding steroid dienone is 1. The molecule has 1 aromatic carbocycles. The Labute approximate surface area is 163 Å². The summed E-state index contributed by atoms with van der Waals surface area (Å²) in [5, 5.41) is 17.3. The van der Waals surface area contributed by atoms with Crippen molar-refractivity contribution >= 4 is 24.3 Å². The maximum atomic E-state index is 15.6. The van der Waals surface area contributed by atoms with Crippen molar-refractivity contribution in [3.8, 4) is 0 Å². The molecule has 0 unspecified atom stereocenters. The number of aliphatic hydroxyl groups is 1. The molecule has 1 aliphatic rings. The number of rotatable bonds is 5. The summed E-state index contributed by atoms with van der Waals surface area (Å²) in [7, 11) is -1.15. The smallest absolute Gasteiger partial charge is 0.398 e. The van der Waals surface area contributed by atoms with Gasteiger partial charge in [-0.2, -0.15) is 0 Å². The summed E-state index contributed by atoms with van der Waals surface area (Å²) in [6.07, 6.45) is 1.55. The highest BCUT2D eigenvalue weighted by molar-refractivity contribution is 6.55. The standard InChI is InChI=1S/C18H22BClFN3O3/c1-17(2)18(3,4)27-19(26-17)16(21)14(13-7-5-6-8-15(13)20)10-24-9-12(11-25)22-23-24/h5-9,25H,10-11H2,1-4H3. The zero-order valence-electron chi connectivity index (χ0n) is 15.7. The molecular weight excluding hydrogens is 371 g/mol. The highest BCUT2D eigenvalue weighted by Gasteiger charge is 2.53. The van der Waals surface area contributed by atoms with Crippen molar-refractivity contribution in [2.75, 3.05) is 0 Å². The van der Waals surface area contributed by atoms with E-state index in [1.165, 1.54) is 4.68 Å². The SMILES string of the molecule is CC1(C)OB(C(F)=C(Cn2cc(CO)nn2)c2ccccc2Cl)OC1(C)C. The summed E-state index contributed by atoms with van der Waals surface area (Å²) in [6, 6.07) is 6.97. The van der Waals surface area contributed by atoms with Crippen LogP contribution in [0.3, 0.4) is 0 Å². The topological polar surface area (TPSA) is 69.4 Å². The van der Waals surface area contributed by atoms with Gasteiger partial charge in [-0.3, -0.25) is 0 Å². The Morgan fingerprint density at radius 3 is 2.41 bits per heavy atom. The van der Waals surface area contributed by atoms with Crippen LogP contribution in [-0.4, -0.2) is 38.4 Å². The Kier molecular flexibility index (Phi) is 5.45. The first kappa shape index (κ1) is 20.0. The molecule has 1 fully saturated rings. The molecular formula is C18H22BClFN3O3. The fourth-order valence-corrected chi connectivity index (χ4v) is 2.98. The second-order valence-corrected chi connectivity index (χ2v) is 7.87. The van der Waals surface area contributed by atoms with E-state index in [2.05, 4.69) is 10.3 Å². The molecule has 0 atom stereocenters. The molecule has 0 saturated carbocycles. The maximum Gasteiger partial charge on any atom is 0.525 e. The Morgan fingerprint density at radius 1 is 1.22 bits per heavy atom. The monoisotopic (exact) mass is 393 g/mol. The van der Waals surface area contributed by atoms with Gasteiger partial charge >= 0.3 is 7.12 Å². The Bertz CT molecular complexity index is 853. The molecule has 0 aliphatic carbocycles. The van der Waals surface area contributed by atoms with E-state index in [0.717, 1.165) is 0 Å². The minimum Gasteiger partial charge on any atom is -0.398 e. The maximum absolute atomic E-state index is 15.6. The van der Waals surface area contributed by atoms with E-state index in [0.29, 0.717) is 16.3 Å². The molecule has 0 bridgehead atoms. The van der Waals surface area contributed by atoms with Gasteiger partial charge in [-0.05, 0) is 33.8 Å². The number of halogens is 2. The lowest BCUT2D eigenvalue weighted by molar-refractivity contribution is 0.00578. The third-order valence-corrected chi connectivity index (χ3v) is 5.35. The zero-order chi connectivity index (χ0) is 19.8. The lowest BCUT2D eigenvalue weighted by Crippen LogP contribution is -2.41. The van der Waals surface area contributed by atoms with Crippen molar-refractivity contribution in [3.63, 3.8) is 0 Å². The van der Waals surface area contributed by atoms with Crippen LogP contribution in [0, 0.1) is 0 Å². The predicted molar refractivity (Wildman–Crippen MR) is 102 cm³/mol. The molecule has 1 aliphatic heterocycles. The van der Waals surface area contributed by atoms with Gasteiger partial charge in [0.2, 0.25) is 0 Å². The van der Waals surface area contributed by atoms with E-state index in [1.54, 1.807) is 30.5 Å². The van der Waals surface area contributed by atoms with Crippen LogP contribution < -0.4 is 0 Å². The van der Waals surface area contributed by atoms with Crippen LogP contribution in [0.25, 0.3) is 5.57 Å². The van der Waals surface area contributed by atoms with Gasteiger partial charge in [0.25, 0.3) is 0 Å².